The zero-order valence-corrected chi connectivity index (χ0v) is 22.2. The third-order valence-corrected chi connectivity index (χ3v) is 6.28. The number of urea groups is 1. The molecule has 194 valence electrons. The van der Waals surface area contributed by atoms with Crippen molar-refractivity contribution in [2.75, 3.05) is 16.0 Å². The number of carbonyl (C=O) groups is 1. The van der Waals surface area contributed by atoms with E-state index in [4.69, 9.17) is 5.10 Å². The van der Waals surface area contributed by atoms with Gasteiger partial charge in [0, 0.05) is 29.1 Å². The molecule has 0 fully saturated rings. The van der Waals surface area contributed by atoms with Crippen molar-refractivity contribution in [1.82, 2.24) is 24.7 Å². The van der Waals surface area contributed by atoms with Crippen LogP contribution in [0.4, 0.5) is 27.8 Å². The monoisotopic (exact) mass is 508 g/mol. The lowest BCUT2D eigenvalue weighted by Gasteiger charge is -2.14. The number of carbonyl (C=O) groups excluding carboxylic acids is 1. The van der Waals surface area contributed by atoms with Gasteiger partial charge in [0.25, 0.3) is 0 Å². The van der Waals surface area contributed by atoms with Crippen LogP contribution in [0.5, 0.6) is 0 Å². The Bertz CT molecular complexity index is 1560. The molecule has 0 radical (unpaired) electrons. The molecule has 5 aromatic rings. The normalized spacial score (nSPS) is 11.6. The zero-order valence-electron chi connectivity index (χ0n) is 22.2. The lowest BCUT2D eigenvalue weighted by molar-refractivity contribution is 0.262. The third kappa shape index (κ3) is 5.36. The number of aromatic nitrogens is 5. The summed E-state index contributed by atoms with van der Waals surface area (Å²) in [4.78, 5) is 24.6. The van der Waals surface area contributed by atoms with Gasteiger partial charge in [0.2, 0.25) is 0 Å². The van der Waals surface area contributed by atoms with Crippen LogP contribution in [0.3, 0.4) is 0 Å². The average molecular weight is 509 g/mol. The molecule has 0 aliphatic rings. The second kappa shape index (κ2) is 10.0. The topological polar surface area (TPSA) is 113 Å². The maximum absolute atomic E-state index is 13.0. The van der Waals surface area contributed by atoms with E-state index in [9.17, 15) is 4.79 Å². The summed E-state index contributed by atoms with van der Waals surface area (Å²) in [6.07, 6.45) is 3.34. The Balaban J connectivity index is 1.31. The molecule has 38 heavy (non-hydrogen) atoms. The molecule has 4 N–H and O–H groups in total. The molecule has 9 heteroatoms. The SMILES string of the molecule is CC(C)c1ccc(-n2nc(C(C)(C)C)cc2NC(=O)Nc2ccc(Nc3ncnc4[nH]ccc34)cc2)cc1. The fourth-order valence-electron chi connectivity index (χ4n) is 4.06. The van der Waals surface area contributed by atoms with E-state index in [1.807, 2.05) is 54.7 Å². The van der Waals surface area contributed by atoms with Crippen molar-refractivity contribution >= 4 is 40.1 Å². The van der Waals surface area contributed by atoms with Gasteiger partial charge in [0.15, 0.2) is 0 Å². The van der Waals surface area contributed by atoms with Gasteiger partial charge in [-0.05, 0) is 53.9 Å². The lowest BCUT2D eigenvalue weighted by atomic mass is 9.92. The summed E-state index contributed by atoms with van der Waals surface area (Å²) in [5.41, 5.74) is 5.12. The second-order valence-corrected chi connectivity index (χ2v) is 10.6. The van der Waals surface area contributed by atoms with E-state index in [0.29, 0.717) is 23.2 Å². The molecule has 0 aliphatic carbocycles. The van der Waals surface area contributed by atoms with Crippen LogP contribution in [0.25, 0.3) is 16.7 Å². The van der Waals surface area contributed by atoms with Crippen molar-refractivity contribution in [1.29, 1.82) is 0 Å². The summed E-state index contributed by atoms with van der Waals surface area (Å²) in [5, 5.41) is 14.9. The fourth-order valence-corrected chi connectivity index (χ4v) is 4.06. The largest absolute Gasteiger partial charge is 0.346 e. The van der Waals surface area contributed by atoms with E-state index in [-0.39, 0.29) is 11.4 Å². The summed E-state index contributed by atoms with van der Waals surface area (Å²) in [6.45, 7) is 10.6. The Labute approximate surface area is 221 Å². The summed E-state index contributed by atoms with van der Waals surface area (Å²) in [7, 11) is 0. The standard InChI is InChI=1S/C29H32N8O/c1-18(2)19-6-12-22(13-7-19)37-25(16-24(36-37)29(3,4)5)35-28(38)34-21-10-8-20(9-11-21)33-27-23-14-15-30-26(23)31-17-32-27/h6-18H,1-5H3,(H2,34,35,38)(H2,30,31,32,33). The van der Waals surface area contributed by atoms with Gasteiger partial charge in [-0.3, -0.25) is 5.32 Å². The van der Waals surface area contributed by atoms with Gasteiger partial charge in [-0.2, -0.15) is 5.10 Å². The number of nitrogens with zero attached hydrogens (tertiary/aromatic N) is 4. The minimum Gasteiger partial charge on any atom is -0.346 e. The van der Waals surface area contributed by atoms with Crippen LogP contribution < -0.4 is 16.0 Å². The molecule has 0 spiro atoms. The van der Waals surface area contributed by atoms with Gasteiger partial charge >= 0.3 is 6.03 Å². The zero-order chi connectivity index (χ0) is 26.9. The Morgan fingerprint density at radius 1 is 0.921 bits per heavy atom. The Kier molecular flexibility index (Phi) is 6.59. The van der Waals surface area contributed by atoms with Gasteiger partial charge in [-0.15, -0.1) is 0 Å². The Morgan fingerprint density at radius 2 is 1.63 bits per heavy atom. The van der Waals surface area contributed by atoms with E-state index in [2.05, 4.69) is 77.7 Å². The van der Waals surface area contributed by atoms with E-state index in [1.54, 1.807) is 4.68 Å². The number of rotatable bonds is 6. The van der Waals surface area contributed by atoms with Crippen LogP contribution in [-0.4, -0.2) is 30.8 Å². The van der Waals surface area contributed by atoms with Gasteiger partial charge in [0.05, 0.1) is 16.8 Å². The maximum Gasteiger partial charge on any atom is 0.324 e. The van der Waals surface area contributed by atoms with Crippen LogP contribution in [0.2, 0.25) is 0 Å². The first kappa shape index (κ1) is 25.0. The van der Waals surface area contributed by atoms with Crippen molar-refractivity contribution < 1.29 is 4.79 Å². The highest BCUT2D eigenvalue weighted by Gasteiger charge is 2.21. The lowest BCUT2D eigenvalue weighted by Crippen LogP contribution is -2.21. The van der Waals surface area contributed by atoms with Crippen LogP contribution >= 0.6 is 0 Å². The highest BCUT2D eigenvalue weighted by molar-refractivity contribution is 5.99. The molecule has 0 atom stereocenters. The quantitative estimate of drug-likeness (QED) is 0.198. The van der Waals surface area contributed by atoms with Crippen molar-refractivity contribution in [3.8, 4) is 5.69 Å². The smallest absolute Gasteiger partial charge is 0.324 e. The molecule has 0 aliphatic heterocycles. The van der Waals surface area contributed by atoms with Gasteiger partial charge < -0.3 is 15.6 Å². The highest BCUT2D eigenvalue weighted by Crippen LogP contribution is 2.28. The van der Waals surface area contributed by atoms with Crippen LogP contribution in [0, 0.1) is 0 Å². The molecule has 5 rings (SSSR count). The van der Waals surface area contributed by atoms with Crippen LogP contribution in [-0.2, 0) is 5.41 Å². The molecule has 2 aromatic carbocycles. The minimum absolute atomic E-state index is 0.172. The number of fused-ring (bicyclic) bond motifs is 1. The van der Waals surface area contributed by atoms with E-state index >= 15 is 0 Å². The van der Waals surface area contributed by atoms with Gasteiger partial charge in [-0.25, -0.2) is 19.4 Å². The minimum atomic E-state index is -0.351. The average Bonchev–Trinajstić information content (AvgIpc) is 3.53. The first-order chi connectivity index (χ1) is 18.2. The molecule has 0 saturated carbocycles. The summed E-state index contributed by atoms with van der Waals surface area (Å²) in [6, 6.07) is 19.2. The van der Waals surface area contributed by atoms with Gasteiger partial charge in [0.1, 0.15) is 23.6 Å². The van der Waals surface area contributed by atoms with Crippen molar-refractivity contribution in [3.05, 3.63) is 84.4 Å². The number of aromatic amines is 1. The van der Waals surface area contributed by atoms with E-state index < -0.39 is 0 Å². The molecule has 3 heterocycles. The van der Waals surface area contributed by atoms with Crippen molar-refractivity contribution in [2.45, 2.75) is 46.0 Å². The number of H-pyrrole nitrogens is 1. The molecule has 3 aromatic heterocycles. The van der Waals surface area contributed by atoms with Crippen LogP contribution in [0.15, 0.2) is 73.2 Å². The molecule has 0 saturated heterocycles. The van der Waals surface area contributed by atoms with E-state index in [0.717, 1.165) is 28.1 Å². The summed E-state index contributed by atoms with van der Waals surface area (Å²) in [5.74, 6) is 1.74. The molecular formula is C29H32N8O. The third-order valence-electron chi connectivity index (χ3n) is 6.28. The molecule has 2 amide bonds. The molecule has 0 unspecified atom stereocenters. The molecular weight excluding hydrogens is 476 g/mol. The highest BCUT2D eigenvalue weighted by atomic mass is 16.2. The van der Waals surface area contributed by atoms with E-state index in [1.165, 1.54) is 11.9 Å². The molecule has 0 bridgehead atoms. The number of anilines is 4. The fraction of sp³-hybridized carbons (Fsp3) is 0.241. The predicted molar refractivity (Wildman–Crippen MR) is 153 cm³/mol. The van der Waals surface area contributed by atoms with Crippen LogP contribution in [0.1, 0.15) is 51.8 Å². The summed E-state index contributed by atoms with van der Waals surface area (Å²) < 4.78 is 1.78. The Morgan fingerprint density at radius 3 is 2.32 bits per heavy atom. The molecule has 9 nitrogen and oxygen atoms in total. The van der Waals surface area contributed by atoms with Crippen molar-refractivity contribution in [3.63, 3.8) is 0 Å². The number of nitrogens with one attached hydrogen (secondary N) is 4. The number of hydrogen-bond acceptors (Lipinski definition) is 5. The summed E-state index contributed by atoms with van der Waals surface area (Å²) >= 11 is 0. The first-order valence-electron chi connectivity index (χ1n) is 12.6. The number of amides is 2. The maximum atomic E-state index is 13.0. The van der Waals surface area contributed by atoms with Gasteiger partial charge in [-0.1, -0.05) is 46.8 Å². The number of benzene rings is 2. The predicted octanol–water partition coefficient (Wildman–Crippen LogP) is 6.95. The van der Waals surface area contributed by atoms with Crippen molar-refractivity contribution in [2.24, 2.45) is 0 Å². The Hall–Kier alpha value is -4.66. The second-order valence-electron chi connectivity index (χ2n) is 10.6. The number of hydrogen-bond donors (Lipinski definition) is 4. The first-order valence-corrected chi connectivity index (χ1v) is 12.6.